The molecule has 0 bridgehead atoms. The molecule has 0 aliphatic carbocycles. The van der Waals surface area contributed by atoms with E-state index >= 15 is 0 Å². The van der Waals surface area contributed by atoms with Crippen LogP contribution in [0.15, 0.2) is 109 Å². The van der Waals surface area contributed by atoms with Crippen LogP contribution in [0.4, 0.5) is 0 Å². The number of amides is 1. The molecule has 1 amide bonds. The maximum Gasteiger partial charge on any atom is 0.295 e. The lowest BCUT2D eigenvalue weighted by Gasteiger charge is -2.27. The zero-order chi connectivity index (χ0) is 29.6. The molecule has 1 aliphatic rings. The smallest absolute Gasteiger partial charge is 0.295 e. The number of likely N-dealkylation sites (N-methyl/N-ethyl adjacent to an activating group) is 1. The normalized spacial score (nSPS) is 16.2. The van der Waals surface area contributed by atoms with Crippen molar-refractivity contribution in [2.24, 2.45) is 0 Å². The van der Waals surface area contributed by atoms with Gasteiger partial charge < -0.3 is 24.4 Å². The van der Waals surface area contributed by atoms with Crippen LogP contribution in [0.3, 0.4) is 0 Å². The van der Waals surface area contributed by atoms with E-state index in [-0.39, 0.29) is 11.3 Å². The monoisotopic (exact) mass is 562 g/mol. The van der Waals surface area contributed by atoms with Gasteiger partial charge in [0.1, 0.15) is 29.6 Å². The van der Waals surface area contributed by atoms with Gasteiger partial charge in [0.25, 0.3) is 11.7 Å². The number of ketones is 1. The van der Waals surface area contributed by atoms with Crippen molar-refractivity contribution in [3.05, 3.63) is 131 Å². The molecule has 1 N–H and O–H groups in total. The van der Waals surface area contributed by atoms with Crippen molar-refractivity contribution < 1.29 is 24.2 Å². The Morgan fingerprint density at radius 2 is 1.52 bits per heavy atom. The zero-order valence-corrected chi connectivity index (χ0v) is 24.0. The molecule has 1 fully saturated rings. The van der Waals surface area contributed by atoms with Gasteiger partial charge in [-0.1, -0.05) is 60.2 Å². The minimum Gasteiger partial charge on any atom is -0.507 e. The van der Waals surface area contributed by atoms with E-state index in [1.807, 2.05) is 105 Å². The Morgan fingerprint density at radius 1 is 0.833 bits per heavy atom. The number of aryl methyl sites for hydroxylation is 1. The molecule has 4 aromatic carbocycles. The number of Topliss-reactive ketones (excluding diaryl/α,β-unsaturated/α-hetero) is 1. The molecule has 0 radical (unpaired) electrons. The van der Waals surface area contributed by atoms with Crippen LogP contribution in [-0.2, 0) is 16.2 Å². The summed E-state index contributed by atoms with van der Waals surface area (Å²) in [5.74, 6) is 0.264. The third-order valence-electron chi connectivity index (χ3n) is 7.13. The molecule has 214 valence electrons. The third kappa shape index (κ3) is 6.53. The lowest BCUT2D eigenvalue weighted by molar-refractivity contribution is -0.140. The second kappa shape index (κ2) is 12.7. The molecular formula is C35H34N2O5. The Morgan fingerprint density at radius 3 is 2.21 bits per heavy atom. The first-order valence-electron chi connectivity index (χ1n) is 13.8. The van der Waals surface area contributed by atoms with Crippen molar-refractivity contribution in [3.8, 4) is 17.2 Å². The highest BCUT2D eigenvalue weighted by Crippen LogP contribution is 2.40. The first-order valence-corrected chi connectivity index (χ1v) is 13.8. The second-order valence-electron chi connectivity index (χ2n) is 10.6. The zero-order valence-electron chi connectivity index (χ0n) is 24.0. The summed E-state index contributed by atoms with van der Waals surface area (Å²) in [5.41, 5.74) is 3.36. The summed E-state index contributed by atoms with van der Waals surface area (Å²) in [4.78, 5) is 30.2. The standard InChI is InChI=1S/C35H34N2O5/c1-24-12-14-25(15-13-24)23-41-28-18-16-26(17-19-28)33(38)31-32(37(21-20-36(2)3)35(40)34(31)39)27-8-7-11-30(22-27)42-29-9-5-4-6-10-29/h4-19,22,32,38H,20-21,23H2,1-3H3/b33-31+. The highest BCUT2D eigenvalue weighted by molar-refractivity contribution is 6.46. The summed E-state index contributed by atoms with van der Waals surface area (Å²) >= 11 is 0. The van der Waals surface area contributed by atoms with Crippen LogP contribution in [0.25, 0.3) is 5.76 Å². The lowest BCUT2D eigenvalue weighted by Crippen LogP contribution is -2.35. The molecule has 1 heterocycles. The SMILES string of the molecule is Cc1ccc(COc2ccc(/C(O)=C3\C(=O)C(=O)N(CCN(C)C)C3c3cccc(Oc4ccccc4)c3)cc2)cc1. The molecule has 4 aromatic rings. The maximum atomic E-state index is 13.4. The number of benzene rings is 4. The minimum atomic E-state index is -0.776. The number of carbonyl (C=O) groups is 2. The Bertz CT molecular complexity index is 1580. The number of hydrogen-bond donors (Lipinski definition) is 1. The number of aliphatic hydroxyl groups excluding tert-OH is 1. The van der Waals surface area contributed by atoms with E-state index in [1.165, 1.54) is 10.5 Å². The topological polar surface area (TPSA) is 79.3 Å². The second-order valence-corrected chi connectivity index (χ2v) is 10.6. The summed E-state index contributed by atoms with van der Waals surface area (Å²) < 4.78 is 11.9. The van der Waals surface area contributed by atoms with Crippen molar-refractivity contribution in [3.63, 3.8) is 0 Å². The molecule has 0 spiro atoms. The number of ether oxygens (including phenoxy) is 2. The molecule has 0 aromatic heterocycles. The number of hydrogen-bond acceptors (Lipinski definition) is 6. The lowest BCUT2D eigenvalue weighted by atomic mass is 9.95. The summed E-state index contributed by atoms with van der Waals surface area (Å²) in [7, 11) is 3.81. The fourth-order valence-electron chi connectivity index (χ4n) is 4.85. The van der Waals surface area contributed by atoms with Crippen molar-refractivity contribution in [1.29, 1.82) is 0 Å². The van der Waals surface area contributed by atoms with E-state index in [1.54, 1.807) is 24.3 Å². The Hall–Kier alpha value is -4.88. The van der Waals surface area contributed by atoms with Crippen LogP contribution in [-0.4, -0.2) is 53.8 Å². The number of aliphatic hydroxyl groups is 1. The first kappa shape index (κ1) is 28.6. The van der Waals surface area contributed by atoms with Gasteiger partial charge in [-0.2, -0.15) is 0 Å². The van der Waals surface area contributed by atoms with E-state index in [2.05, 4.69) is 0 Å². The number of likely N-dealkylation sites (tertiary alicyclic amines) is 1. The van der Waals surface area contributed by atoms with Gasteiger partial charge in [-0.25, -0.2) is 0 Å². The average Bonchev–Trinajstić information content (AvgIpc) is 3.25. The van der Waals surface area contributed by atoms with Gasteiger partial charge in [0, 0.05) is 18.7 Å². The van der Waals surface area contributed by atoms with Gasteiger partial charge in [-0.15, -0.1) is 0 Å². The molecule has 1 saturated heterocycles. The van der Waals surface area contributed by atoms with Crippen molar-refractivity contribution in [2.45, 2.75) is 19.6 Å². The molecule has 1 unspecified atom stereocenters. The molecule has 7 nitrogen and oxygen atoms in total. The van der Waals surface area contributed by atoms with E-state index in [4.69, 9.17) is 9.47 Å². The predicted octanol–water partition coefficient (Wildman–Crippen LogP) is 6.35. The number of para-hydroxylation sites is 1. The molecule has 7 heteroatoms. The molecule has 0 saturated carbocycles. The van der Waals surface area contributed by atoms with Gasteiger partial charge in [0.05, 0.1) is 11.6 Å². The van der Waals surface area contributed by atoms with Crippen LogP contribution in [0.5, 0.6) is 17.2 Å². The molecule has 5 rings (SSSR count). The van der Waals surface area contributed by atoms with Crippen LogP contribution < -0.4 is 9.47 Å². The van der Waals surface area contributed by atoms with E-state index in [0.717, 1.165) is 5.56 Å². The van der Waals surface area contributed by atoms with Gasteiger partial charge in [0.15, 0.2) is 0 Å². The maximum absolute atomic E-state index is 13.4. The van der Waals surface area contributed by atoms with Crippen LogP contribution in [0, 0.1) is 6.92 Å². The van der Waals surface area contributed by atoms with Crippen molar-refractivity contribution in [2.75, 3.05) is 27.2 Å². The van der Waals surface area contributed by atoms with Crippen molar-refractivity contribution >= 4 is 17.4 Å². The fourth-order valence-corrected chi connectivity index (χ4v) is 4.85. The minimum absolute atomic E-state index is 0.0453. The Labute approximate surface area is 246 Å². The third-order valence-corrected chi connectivity index (χ3v) is 7.13. The summed E-state index contributed by atoms with van der Waals surface area (Å²) in [6, 6.07) is 30.9. The Kier molecular flexibility index (Phi) is 8.69. The highest BCUT2D eigenvalue weighted by Gasteiger charge is 2.46. The molecule has 1 aliphatic heterocycles. The number of nitrogens with zero attached hydrogens (tertiary/aromatic N) is 2. The van der Waals surface area contributed by atoms with Gasteiger partial charge in [-0.3, -0.25) is 9.59 Å². The largest absolute Gasteiger partial charge is 0.507 e. The average molecular weight is 563 g/mol. The van der Waals surface area contributed by atoms with E-state index < -0.39 is 17.7 Å². The molecule has 1 atom stereocenters. The van der Waals surface area contributed by atoms with Crippen LogP contribution >= 0.6 is 0 Å². The summed E-state index contributed by atoms with van der Waals surface area (Å²) in [6.07, 6.45) is 0. The van der Waals surface area contributed by atoms with Gasteiger partial charge in [0.2, 0.25) is 0 Å². The van der Waals surface area contributed by atoms with Gasteiger partial charge in [-0.05, 0) is 80.7 Å². The predicted molar refractivity (Wildman–Crippen MR) is 162 cm³/mol. The van der Waals surface area contributed by atoms with Gasteiger partial charge >= 0.3 is 0 Å². The van der Waals surface area contributed by atoms with E-state index in [9.17, 15) is 14.7 Å². The fraction of sp³-hybridized carbons (Fsp3) is 0.200. The van der Waals surface area contributed by atoms with Crippen molar-refractivity contribution in [1.82, 2.24) is 9.80 Å². The highest BCUT2D eigenvalue weighted by atomic mass is 16.5. The van der Waals surface area contributed by atoms with Crippen LogP contribution in [0.2, 0.25) is 0 Å². The number of rotatable bonds is 10. The van der Waals surface area contributed by atoms with E-state index in [0.29, 0.717) is 48.1 Å². The summed E-state index contributed by atoms with van der Waals surface area (Å²) in [6.45, 7) is 3.31. The summed E-state index contributed by atoms with van der Waals surface area (Å²) in [5, 5.41) is 11.5. The molecular weight excluding hydrogens is 528 g/mol. The molecule has 42 heavy (non-hydrogen) atoms. The quantitative estimate of drug-likeness (QED) is 0.138. The number of carbonyl (C=O) groups excluding carboxylic acids is 2. The van der Waals surface area contributed by atoms with Crippen LogP contribution in [0.1, 0.15) is 28.3 Å². The Balaban J connectivity index is 1.46. The first-order chi connectivity index (χ1) is 20.3.